The van der Waals surface area contributed by atoms with Crippen molar-refractivity contribution in [3.63, 3.8) is 0 Å². The summed E-state index contributed by atoms with van der Waals surface area (Å²) in [6.45, 7) is 6.31. The van der Waals surface area contributed by atoms with Gasteiger partial charge in [-0.15, -0.1) is 0 Å². The molecule has 0 aliphatic carbocycles. The Morgan fingerprint density at radius 2 is 1.52 bits per heavy atom. The second-order valence-electron chi connectivity index (χ2n) is 8.43. The largest absolute Gasteiger partial charge is 0.299 e. The molecule has 3 aromatic carbocycles. The van der Waals surface area contributed by atoms with Crippen molar-refractivity contribution < 1.29 is 8.78 Å². The van der Waals surface area contributed by atoms with Crippen LogP contribution < -0.4 is 0 Å². The third kappa shape index (κ3) is 2.63. The molecule has 0 aliphatic heterocycles. The molecule has 0 unspecified atom stereocenters. The second-order valence-corrected chi connectivity index (χ2v) is 8.43. The Morgan fingerprint density at radius 1 is 0.828 bits per heavy atom. The van der Waals surface area contributed by atoms with Crippen molar-refractivity contribution in [2.24, 2.45) is 0 Å². The lowest BCUT2D eigenvalue weighted by atomic mass is 9.83. The summed E-state index contributed by atoms with van der Waals surface area (Å²) in [6, 6.07) is 16.1. The van der Waals surface area contributed by atoms with Crippen molar-refractivity contribution in [2.75, 3.05) is 0 Å². The summed E-state index contributed by atoms with van der Waals surface area (Å²) in [7, 11) is 0. The van der Waals surface area contributed by atoms with E-state index >= 15 is 0 Å². The number of nitrogens with zero attached hydrogens (tertiary/aromatic N) is 2. The number of pyridine rings is 1. The van der Waals surface area contributed by atoms with E-state index < -0.39 is 11.6 Å². The second kappa shape index (κ2) is 6.11. The lowest BCUT2D eigenvalue weighted by Gasteiger charge is -2.23. The lowest BCUT2D eigenvalue weighted by Crippen LogP contribution is -2.12. The summed E-state index contributed by atoms with van der Waals surface area (Å²) >= 11 is 0. The predicted molar refractivity (Wildman–Crippen MR) is 114 cm³/mol. The van der Waals surface area contributed by atoms with Crippen LogP contribution in [-0.4, -0.2) is 9.38 Å². The zero-order valence-corrected chi connectivity index (χ0v) is 16.5. The molecule has 5 aromatic rings. The van der Waals surface area contributed by atoms with Gasteiger partial charge in [0, 0.05) is 28.7 Å². The topological polar surface area (TPSA) is 17.3 Å². The number of rotatable bonds is 1. The first-order chi connectivity index (χ1) is 13.9. The zero-order valence-electron chi connectivity index (χ0n) is 16.5. The monoisotopic (exact) mass is 386 g/mol. The van der Waals surface area contributed by atoms with Gasteiger partial charge < -0.3 is 0 Å². The number of fused-ring (bicyclic) bond motifs is 6. The van der Waals surface area contributed by atoms with E-state index in [4.69, 9.17) is 0 Å². The molecule has 0 saturated heterocycles. The molecular weight excluding hydrogens is 366 g/mol. The van der Waals surface area contributed by atoms with Crippen LogP contribution in [0.3, 0.4) is 0 Å². The maximum Gasteiger partial charge on any atom is 0.145 e. The van der Waals surface area contributed by atoms with Gasteiger partial charge in [0.25, 0.3) is 0 Å². The summed E-state index contributed by atoms with van der Waals surface area (Å²) in [5.74, 6) is -1.14. The van der Waals surface area contributed by atoms with E-state index in [1.165, 1.54) is 18.2 Å². The first kappa shape index (κ1) is 17.8. The molecule has 144 valence electrons. The molecule has 29 heavy (non-hydrogen) atoms. The van der Waals surface area contributed by atoms with E-state index in [0.717, 1.165) is 32.9 Å². The normalized spacial score (nSPS) is 12.3. The van der Waals surface area contributed by atoms with Crippen LogP contribution >= 0.6 is 0 Å². The fraction of sp³-hybridized carbons (Fsp3) is 0.160. The lowest BCUT2D eigenvalue weighted by molar-refractivity contribution is 0.585. The molecule has 0 saturated carbocycles. The molecule has 0 amide bonds. The first-order valence-corrected chi connectivity index (χ1v) is 9.62. The van der Waals surface area contributed by atoms with E-state index in [1.54, 1.807) is 6.20 Å². The van der Waals surface area contributed by atoms with Gasteiger partial charge in [0.1, 0.15) is 17.3 Å². The van der Waals surface area contributed by atoms with E-state index in [0.29, 0.717) is 5.56 Å². The van der Waals surface area contributed by atoms with Crippen LogP contribution in [0.1, 0.15) is 26.3 Å². The summed E-state index contributed by atoms with van der Waals surface area (Å²) in [4.78, 5) is 4.52. The maximum atomic E-state index is 14.9. The van der Waals surface area contributed by atoms with E-state index in [1.807, 2.05) is 40.9 Å². The average Bonchev–Trinajstić information content (AvgIpc) is 3.17. The zero-order chi connectivity index (χ0) is 20.3. The molecule has 2 heterocycles. The van der Waals surface area contributed by atoms with Gasteiger partial charge in [-0.1, -0.05) is 51.1 Å². The standard InChI is InChI=1S/C25H20F2N2/c1-25(2,3)15-13-18-16-7-4-5-8-17(16)24-28-11-12-29(24)23(18)19(14-15)22-20(26)9-6-10-21(22)27/h4-14H,1-3H3. The number of benzene rings is 3. The number of imidazole rings is 1. The highest BCUT2D eigenvalue weighted by atomic mass is 19.1. The average molecular weight is 386 g/mol. The highest BCUT2D eigenvalue weighted by molar-refractivity contribution is 6.15. The molecule has 0 atom stereocenters. The molecule has 0 fully saturated rings. The van der Waals surface area contributed by atoms with Crippen LogP contribution in [0.4, 0.5) is 8.78 Å². The van der Waals surface area contributed by atoms with Gasteiger partial charge in [0.05, 0.1) is 11.1 Å². The molecule has 5 rings (SSSR count). The molecule has 2 aromatic heterocycles. The van der Waals surface area contributed by atoms with Crippen molar-refractivity contribution in [1.82, 2.24) is 9.38 Å². The van der Waals surface area contributed by atoms with Crippen molar-refractivity contribution in [1.29, 1.82) is 0 Å². The van der Waals surface area contributed by atoms with Gasteiger partial charge in [-0.05, 0) is 40.6 Å². The van der Waals surface area contributed by atoms with E-state index in [-0.39, 0.29) is 11.0 Å². The molecular formula is C25H20F2N2. The highest BCUT2D eigenvalue weighted by Crippen LogP contribution is 2.40. The fourth-order valence-electron chi connectivity index (χ4n) is 4.07. The Morgan fingerprint density at radius 3 is 2.21 bits per heavy atom. The molecule has 0 bridgehead atoms. The van der Waals surface area contributed by atoms with Crippen LogP contribution in [0.2, 0.25) is 0 Å². The smallest absolute Gasteiger partial charge is 0.145 e. The van der Waals surface area contributed by atoms with Crippen molar-refractivity contribution in [2.45, 2.75) is 26.2 Å². The van der Waals surface area contributed by atoms with Crippen molar-refractivity contribution >= 4 is 27.3 Å². The fourth-order valence-corrected chi connectivity index (χ4v) is 4.07. The van der Waals surface area contributed by atoms with Crippen molar-refractivity contribution in [3.8, 4) is 11.1 Å². The number of hydrogen-bond acceptors (Lipinski definition) is 1. The van der Waals surface area contributed by atoms with Crippen LogP contribution in [0.15, 0.2) is 67.0 Å². The SMILES string of the molecule is CC(C)(C)c1cc(-c2c(F)cccc2F)c2c(c1)c1ccccc1c1nccn12. The third-order valence-electron chi connectivity index (χ3n) is 5.55. The Bertz CT molecular complexity index is 1390. The summed E-state index contributed by atoms with van der Waals surface area (Å²) in [5.41, 5.74) is 2.90. The van der Waals surface area contributed by atoms with Gasteiger partial charge in [-0.25, -0.2) is 13.8 Å². The number of hydrogen-bond donors (Lipinski definition) is 0. The first-order valence-electron chi connectivity index (χ1n) is 9.62. The number of aromatic nitrogens is 2. The molecule has 0 radical (unpaired) electrons. The molecule has 0 N–H and O–H groups in total. The van der Waals surface area contributed by atoms with Crippen LogP contribution in [0.5, 0.6) is 0 Å². The Labute approximate surface area is 167 Å². The van der Waals surface area contributed by atoms with Gasteiger partial charge >= 0.3 is 0 Å². The van der Waals surface area contributed by atoms with E-state index in [9.17, 15) is 8.78 Å². The quantitative estimate of drug-likeness (QED) is 0.287. The summed E-state index contributed by atoms with van der Waals surface area (Å²) in [5, 5.41) is 2.98. The van der Waals surface area contributed by atoms with Gasteiger partial charge in [-0.2, -0.15) is 0 Å². The molecule has 0 spiro atoms. The molecule has 0 aliphatic rings. The summed E-state index contributed by atoms with van der Waals surface area (Å²) in [6.07, 6.45) is 3.57. The Balaban J connectivity index is 2.10. The summed E-state index contributed by atoms with van der Waals surface area (Å²) < 4.78 is 31.7. The Hall–Kier alpha value is -3.27. The van der Waals surface area contributed by atoms with Crippen LogP contribution in [0.25, 0.3) is 38.4 Å². The van der Waals surface area contributed by atoms with Crippen LogP contribution in [0, 0.1) is 11.6 Å². The highest BCUT2D eigenvalue weighted by Gasteiger charge is 2.23. The number of halogens is 2. The predicted octanol–water partition coefficient (Wildman–Crippen LogP) is 6.88. The Kier molecular flexibility index (Phi) is 3.75. The third-order valence-corrected chi connectivity index (χ3v) is 5.55. The van der Waals surface area contributed by atoms with Crippen molar-refractivity contribution in [3.05, 3.63) is 84.2 Å². The molecule has 4 heteroatoms. The van der Waals surface area contributed by atoms with Crippen LogP contribution in [-0.2, 0) is 5.41 Å². The minimum absolute atomic E-state index is 0.00567. The van der Waals surface area contributed by atoms with Gasteiger partial charge in [0.15, 0.2) is 0 Å². The maximum absolute atomic E-state index is 14.9. The minimum Gasteiger partial charge on any atom is -0.299 e. The molecule has 2 nitrogen and oxygen atoms in total. The van der Waals surface area contributed by atoms with Gasteiger partial charge in [0.2, 0.25) is 0 Å². The minimum atomic E-state index is -0.571. The van der Waals surface area contributed by atoms with Gasteiger partial charge in [-0.3, -0.25) is 4.40 Å². The van der Waals surface area contributed by atoms with E-state index in [2.05, 4.69) is 31.8 Å².